The number of anilines is 2. The molecule has 0 saturated heterocycles. The van der Waals surface area contributed by atoms with Crippen molar-refractivity contribution in [2.45, 2.75) is 12.6 Å². The molecule has 1 aliphatic rings. The second-order valence-electron chi connectivity index (χ2n) is 9.16. The minimum Gasteiger partial charge on any atom is -0.341 e. The number of hydrogen-bond donors (Lipinski definition) is 2. The van der Waals surface area contributed by atoms with Crippen LogP contribution in [-0.4, -0.2) is 23.6 Å². The van der Waals surface area contributed by atoms with Gasteiger partial charge in [0, 0.05) is 46.8 Å². The summed E-state index contributed by atoms with van der Waals surface area (Å²) in [6.07, 6.45) is 7.61. The summed E-state index contributed by atoms with van der Waals surface area (Å²) in [6, 6.07) is 25.5. The normalized spacial score (nSPS) is 13.8. The number of amides is 1. The Morgan fingerprint density at radius 3 is 2.25 bits per heavy atom. The number of pyridine rings is 1. The number of carbonyl (C=O) groups excluding carboxylic acids is 1. The molecule has 9 heteroatoms. The second kappa shape index (κ2) is 12.7. The quantitative estimate of drug-likeness (QED) is 0.170. The van der Waals surface area contributed by atoms with E-state index in [1.54, 1.807) is 60.9 Å². The Hall–Kier alpha value is -3.65. The highest BCUT2D eigenvalue weighted by atomic mass is 35.5. The Morgan fingerprint density at radius 1 is 0.925 bits per heavy atom. The fourth-order valence-corrected chi connectivity index (χ4v) is 4.89. The van der Waals surface area contributed by atoms with Gasteiger partial charge in [0.1, 0.15) is 0 Å². The van der Waals surface area contributed by atoms with E-state index in [2.05, 4.69) is 21.4 Å². The molecule has 6 nitrogen and oxygen atoms in total. The van der Waals surface area contributed by atoms with Gasteiger partial charge in [-0.1, -0.05) is 53.0 Å². The van der Waals surface area contributed by atoms with Crippen LogP contribution in [0.15, 0.2) is 121 Å². The summed E-state index contributed by atoms with van der Waals surface area (Å²) in [7, 11) is 0. The van der Waals surface area contributed by atoms with E-state index in [0.717, 1.165) is 22.5 Å². The molecule has 3 aromatic carbocycles. The summed E-state index contributed by atoms with van der Waals surface area (Å²) >= 11 is 18.6. The second-order valence-corrected chi connectivity index (χ2v) is 10.4. The maximum Gasteiger partial charge on any atom is 0.274 e. The molecule has 0 radical (unpaired) electrons. The van der Waals surface area contributed by atoms with Gasteiger partial charge in [-0.25, -0.2) is 10.4 Å². The fourth-order valence-electron chi connectivity index (χ4n) is 4.42. The average molecular weight is 591 g/mol. The minimum absolute atomic E-state index is 0.344. The maximum absolute atomic E-state index is 13.7. The van der Waals surface area contributed by atoms with Crippen molar-refractivity contribution in [1.29, 1.82) is 0 Å². The molecule has 1 atom stereocenters. The van der Waals surface area contributed by atoms with Crippen molar-refractivity contribution in [3.05, 3.63) is 147 Å². The van der Waals surface area contributed by atoms with Crippen LogP contribution >= 0.6 is 34.8 Å². The van der Waals surface area contributed by atoms with Gasteiger partial charge in [-0.2, -0.15) is 0 Å². The number of carbonyl (C=O) groups is 1. The van der Waals surface area contributed by atoms with Crippen molar-refractivity contribution in [3.63, 3.8) is 0 Å². The van der Waals surface area contributed by atoms with Gasteiger partial charge in [-0.05, 0) is 90.0 Å². The van der Waals surface area contributed by atoms with Crippen LogP contribution in [0.3, 0.4) is 0 Å². The first-order chi connectivity index (χ1) is 19.4. The van der Waals surface area contributed by atoms with Crippen molar-refractivity contribution in [3.8, 4) is 0 Å². The summed E-state index contributed by atoms with van der Waals surface area (Å²) in [5, 5.41) is 2.98. The number of benzene rings is 3. The van der Waals surface area contributed by atoms with Crippen LogP contribution in [-0.2, 0) is 6.42 Å². The number of nitrogens with zero attached hydrogens (tertiary/aromatic N) is 3. The van der Waals surface area contributed by atoms with Crippen molar-refractivity contribution in [2.24, 2.45) is 5.73 Å². The van der Waals surface area contributed by atoms with E-state index < -0.39 is 6.17 Å². The van der Waals surface area contributed by atoms with Crippen molar-refractivity contribution < 1.29 is 4.79 Å². The number of hydrazine groups is 1. The highest BCUT2D eigenvalue weighted by molar-refractivity contribution is 6.34. The highest BCUT2D eigenvalue weighted by Gasteiger charge is 2.25. The van der Waals surface area contributed by atoms with Gasteiger partial charge in [0.05, 0.1) is 22.4 Å². The molecule has 1 aliphatic heterocycles. The van der Waals surface area contributed by atoms with Crippen LogP contribution in [0.25, 0.3) is 0 Å². The smallest absolute Gasteiger partial charge is 0.274 e. The predicted molar refractivity (Wildman–Crippen MR) is 164 cm³/mol. The summed E-state index contributed by atoms with van der Waals surface area (Å²) in [5.41, 5.74) is 14.8. The van der Waals surface area contributed by atoms with Crippen molar-refractivity contribution >= 4 is 52.1 Å². The van der Waals surface area contributed by atoms with Crippen LogP contribution < -0.4 is 21.1 Å². The Kier molecular flexibility index (Phi) is 8.85. The van der Waals surface area contributed by atoms with E-state index in [0.29, 0.717) is 39.3 Å². The molecule has 202 valence electrons. The number of allylic oxidation sites excluding steroid dienone is 1. The number of nitrogens with one attached hydrogen (secondary N) is 1. The van der Waals surface area contributed by atoms with Gasteiger partial charge in [-0.3, -0.25) is 9.78 Å². The lowest BCUT2D eigenvalue weighted by molar-refractivity contribution is 0.0971. The van der Waals surface area contributed by atoms with Crippen LogP contribution in [0.1, 0.15) is 15.9 Å². The third-order valence-corrected chi connectivity index (χ3v) is 7.32. The molecule has 0 bridgehead atoms. The van der Waals surface area contributed by atoms with Gasteiger partial charge in [-0.15, -0.1) is 0 Å². The molecule has 3 N–H and O–H groups in total. The maximum atomic E-state index is 13.7. The van der Waals surface area contributed by atoms with Crippen LogP contribution in [0.4, 0.5) is 11.4 Å². The van der Waals surface area contributed by atoms with Gasteiger partial charge < -0.3 is 10.6 Å². The van der Waals surface area contributed by atoms with E-state index >= 15 is 0 Å². The Labute approximate surface area is 248 Å². The Balaban J connectivity index is 1.45. The number of nitrogens with two attached hydrogens (primary N) is 1. The molecule has 0 saturated carbocycles. The third kappa shape index (κ3) is 6.55. The van der Waals surface area contributed by atoms with Crippen LogP contribution in [0.5, 0.6) is 0 Å². The number of hydrogen-bond acceptors (Lipinski definition) is 5. The zero-order chi connectivity index (χ0) is 28.1. The number of halogens is 3. The molecule has 0 spiro atoms. The molecule has 1 amide bonds. The summed E-state index contributed by atoms with van der Waals surface area (Å²) in [4.78, 5) is 20.0. The lowest BCUT2D eigenvalue weighted by Crippen LogP contribution is -2.53. The largest absolute Gasteiger partial charge is 0.341 e. The monoisotopic (exact) mass is 589 g/mol. The molecule has 5 rings (SSSR count). The Bertz CT molecular complexity index is 1540. The molecule has 1 unspecified atom stereocenters. The standard InChI is InChI=1S/C31H26Cl3N5O/c32-23-5-9-25(10-6-23)38-18-15-22(20-27(38)19-21-13-16-36-17-14-21)30(35)37-39(26-11-7-24(33)8-12-26)31(40)28-3-1-2-4-29(28)34/h1-17,20,30,37H,18-19,35H2. The molecule has 2 heterocycles. The van der Waals surface area contributed by atoms with Crippen molar-refractivity contribution in [2.75, 3.05) is 16.5 Å². The van der Waals surface area contributed by atoms with Crippen molar-refractivity contribution in [1.82, 2.24) is 10.4 Å². The van der Waals surface area contributed by atoms with E-state index in [9.17, 15) is 4.79 Å². The van der Waals surface area contributed by atoms with E-state index in [-0.39, 0.29) is 5.91 Å². The highest BCUT2D eigenvalue weighted by Crippen LogP contribution is 2.29. The molecular formula is C31H26Cl3N5O. The zero-order valence-electron chi connectivity index (χ0n) is 21.3. The van der Waals surface area contributed by atoms with E-state index in [1.807, 2.05) is 42.5 Å². The lowest BCUT2D eigenvalue weighted by atomic mass is 10.0. The number of rotatable bonds is 8. The summed E-state index contributed by atoms with van der Waals surface area (Å²) in [6.45, 7) is 0.586. The topological polar surface area (TPSA) is 74.5 Å². The Morgan fingerprint density at radius 2 is 1.57 bits per heavy atom. The van der Waals surface area contributed by atoms with E-state index in [4.69, 9.17) is 40.5 Å². The van der Waals surface area contributed by atoms with Gasteiger partial charge in [0.2, 0.25) is 0 Å². The third-order valence-electron chi connectivity index (χ3n) is 6.48. The SMILES string of the molecule is NC(NN(C(=O)c1ccccc1Cl)c1ccc(Cl)cc1)C1=CCN(c2ccc(Cl)cc2)C(Cc2ccncc2)=C1. The van der Waals surface area contributed by atoms with Gasteiger partial charge >= 0.3 is 0 Å². The van der Waals surface area contributed by atoms with Gasteiger partial charge in [0.25, 0.3) is 5.91 Å². The first kappa shape index (κ1) is 27.9. The molecule has 40 heavy (non-hydrogen) atoms. The molecular weight excluding hydrogens is 565 g/mol. The molecule has 0 aliphatic carbocycles. The van der Waals surface area contributed by atoms with E-state index in [1.165, 1.54) is 5.01 Å². The molecule has 0 fully saturated rings. The van der Waals surface area contributed by atoms with Crippen LogP contribution in [0.2, 0.25) is 15.1 Å². The first-order valence-electron chi connectivity index (χ1n) is 12.6. The lowest BCUT2D eigenvalue weighted by Gasteiger charge is -2.33. The van der Waals surface area contributed by atoms with Crippen LogP contribution in [0, 0.1) is 0 Å². The number of aromatic nitrogens is 1. The summed E-state index contributed by atoms with van der Waals surface area (Å²) in [5.74, 6) is -0.344. The first-order valence-corrected chi connectivity index (χ1v) is 13.7. The average Bonchev–Trinajstić information content (AvgIpc) is 2.97. The molecule has 4 aromatic rings. The van der Waals surface area contributed by atoms with Gasteiger partial charge in [0.15, 0.2) is 0 Å². The predicted octanol–water partition coefficient (Wildman–Crippen LogP) is 7.05. The summed E-state index contributed by atoms with van der Waals surface area (Å²) < 4.78 is 0. The fraction of sp³-hybridized carbons (Fsp3) is 0.0968. The minimum atomic E-state index is -0.707. The zero-order valence-corrected chi connectivity index (χ0v) is 23.6. The molecule has 1 aromatic heterocycles.